The molecule has 4 heterocycles. The number of halogens is 3. The number of nitrogens with one attached hydrogen (secondary N) is 1. The minimum absolute atomic E-state index is 0.103. The standard InChI is InChI=1S/C18H17F3N8O/c19-18(20,21)12-10-23-2-1-13(12)26-15-7-14(11-8-24-16(22)25-9-11)27-17(28-15)29-3-5-30-6-4-29/h1-2,7-10H,3-6H2,(H2,22,24,25)(H,23,26,27,28). The molecule has 3 aromatic heterocycles. The molecule has 0 atom stereocenters. The number of hydrogen-bond acceptors (Lipinski definition) is 9. The fraction of sp³-hybridized carbons (Fsp3) is 0.278. The molecule has 30 heavy (non-hydrogen) atoms. The SMILES string of the molecule is Nc1ncc(-c2cc(Nc3ccncc3C(F)(F)F)nc(N3CCOCC3)n2)cn1. The van der Waals surface area contributed by atoms with Crippen molar-refractivity contribution >= 4 is 23.4 Å². The third kappa shape index (κ3) is 4.38. The Balaban J connectivity index is 1.75. The minimum atomic E-state index is -4.57. The van der Waals surface area contributed by atoms with E-state index in [0.717, 1.165) is 6.20 Å². The van der Waals surface area contributed by atoms with E-state index in [-0.39, 0.29) is 17.5 Å². The number of anilines is 4. The average Bonchev–Trinajstić information content (AvgIpc) is 2.74. The summed E-state index contributed by atoms with van der Waals surface area (Å²) < 4.78 is 45.4. The van der Waals surface area contributed by atoms with Crippen molar-refractivity contribution in [2.24, 2.45) is 0 Å². The van der Waals surface area contributed by atoms with Gasteiger partial charge in [0.1, 0.15) is 5.82 Å². The molecule has 0 saturated carbocycles. The first kappa shape index (κ1) is 19.8. The van der Waals surface area contributed by atoms with Gasteiger partial charge in [-0.15, -0.1) is 0 Å². The molecule has 0 radical (unpaired) electrons. The van der Waals surface area contributed by atoms with Crippen LogP contribution in [0.4, 0.5) is 36.6 Å². The van der Waals surface area contributed by atoms with Crippen LogP contribution in [0.1, 0.15) is 5.56 Å². The van der Waals surface area contributed by atoms with Crippen LogP contribution in [0.15, 0.2) is 36.9 Å². The quantitative estimate of drug-likeness (QED) is 0.659. The summed E-state index contributed by atoms with van der Waals surface area (Å²) in [5.41, 5.74) is 5.47. The van der Waals surface area contributed by atoms with E-state index in [1.165, 1.54) is 30.7 Å². The molecule has 3 aromatic rings. The van der Waals surface area contributed by atoms with E-state index in [9.17, 15) is 13.2 Å². The second-order valence-electron chi connectivity index (χ2n) is 6.41. The Hall–Kier alpha value is -3.54. The lowest BCUT2D eigenvalue weighted by molar-refractivity contribution is -0.137. The van der Waals surface area contributed by atoms with Gasteiger partial charge in [0.15, 0.2) is 0 Å². The number of nitrogens with zero attached hydrogens (tertiary/aromatic N) is 6. The first-order valence-corrected chi connectivity index (χ1v) is 8.98. The second-order valence-corrected chi connectivity index (χ2v) is 6.41. The van der Waals surface area contributed by atoms with Crippen molar-refractivity contribution in [1.29, 1.82) is 0 Å². The van der Waals surface area contributed by atoms with Crippen molar-refractivity contribution in [3.05, 3.63) is 42.5 Å². The van der Waals surface area contributed by atoms with Gasteiger partial charge in [0, 0.05) is 49.5 Å². The fourth-order valence-electron chi connectivity index (χ4n) is 2.89. The van der Waals surface area contributed by atoms with Crippen LogP contribution >= 0.6 is 0 Å². The summed E-state index contributed by atoms with van der Waals surface area (Å²) in [5, 5.41) is 2.75. The summed E-state index contributed by atoms with van der Waals surface area (Å²) in [6, 6.07) is 2.77. The van der Waals surface area contributed by atoms with Crippen molar-refractivity contribution < 1.29 is 17.9 Å². The Morgan fingerprint density at radius 2 is 1.80 bits per heavy atom. The summed E-state index contributed by atoms with van der Waals surface area (Å²) in [6.45, 7) is 2.13. The smallest absolute Gasteiger partial charge is 0.378 e. The van der Waals surface area contributed by atoms with Gasteiger partial charge in [0.05, 0.1) is 30.2 Å². The van der Waals surface area contributed by atoms with E-state index in [2.05, 4.69) is 30.2 Å². The lowest BCUT2D eigenvalue weighted by Crippen LogP contribution is -2.37. The molecule has 1 aliphatic rings. The Labute approximate surface area is 169 Å². The van der Waals surface area contributed by atoms with E-state index in [0.29, 0.717) is 43.5 Å². The number of rotatable bonds is 4. The maximum Gasteiger partial charge on any atom is 0.419 e. The number of pyridine rings is 1. The molecule has 0 unspecified atom stereocenters. The van der Waals surface area contributed by atoms with Crippen LogP contribution in [0.2, 0.25) is 0 Å². The maximum atomic E-state index is 13.3. The highest BCUT2D eigenvalue weighted by Crippen LogP contribution is 2.35. The van der Waals surface area contributed by atoms with Crippen molar-refractivity contribution in [3.63, 3.8) is 0 Å². The van der Waals surface area contributed by atoms with Crippen LogP contribution in [0.5, 0.6) is 0 Å². The molecule has 1 aliphatic heterocycles. The molecule has 0 aliphatic carbocycles. The van der Waals surface area contributed by atoms with Crippen LogP contribution in [0.25, 0.3) is 11.3 Å². The highest BCUT2D eigenvalue weighted by atomic mass is 19.4. The Morgan fingerprint density at radius 1 is 1.07 bits per heavy atom. The Kier molecular flexibility index (Phi) is 5.31. The first-order valence-electron chi connectivity index (χ1n) is 8.98. The molecule has 12 heteroatoms. The van der Waals surface area contributed by atoms with E-state index in [4.69, 9.17) is 10.5 Å². The summed E-state index contributed by atoms with van der Waals surface area (Å²) in [6.07, 6.45) is 0.456. The van der Waals surface area contributed by atoms with Gasteiger partial charge in [-0.25, -0.2) is 15.0 Å². The predicted molar refractivity (Wildman–Crippen MR) is 103 cm³/mol. The Bertz CT molecular complexity index is 1020. The normalized spacial score (nSPS) is 14.6. The summed E-state index contributed by atoms with van der Waals surface area (Å²) >= 11 is 0. The van der Waals surface area contributed by atoms with E-state index >= 15 is 0 Å². The third-order valence-corrected chi connectivity index (χ3v) is 4.37. The second kappa shape index (κ2) is 8.06. The zero-order valence-electron chi connectivity index (χ0n) is 15.6. The van der Waals surface area contributed by atoms with Crippen molar-refractivity contribution in [1.82, 2.24) is 24.9 Å². The van der Waals surface area contributed by atoms with Gasteiger partial charge in [-0.05, 0) is 6.07 Å². The summed E-state index contributed by atoms with van der Waals surface area (Å²) in [4.78, 5) is 22.3. The number of aromatic nitrogens is 5. The van der Waals surface area contributed by atoms with Gasteiger partial charge in [-0.2, -0.15) is 18.2 Å². The maximum absolute atomic E-state index is 13.3. The van der Waals surface area contributed by atoms with Gasteiger partial charge < -0.3 is 20.7 Å². The fourth-order valence-corrected chi connectivity index (χ4v) is 2.89. The zero-order chi connectivity index (χ0) is 21.1. The van der Waals surface area contributed by atoms with E-state index in [1.807, 2.05) is 4.90 Å². The molecule has 1 fully saturated rings. The van der Waals surface area contributed by atoms with Crippen molar-refractivity contribution in [3.8, 4) is 11.3 Å². The minimum Gasteiger partial charge on any atom is -0.378 e. The lowest BCUT2D eigenvalue weighted by atomic mass is 10.2. The molecular formula is C18H17F3N8O. The van der Waals surface area contributed by atoms with E-state index in [1.54, 1.807) is 0 Å². The van der Waals surface area contributed by atoms with Crippen LogP contribution in [0.3, 0.4) is 0 Å². The largest absolute Gasteiger partial charge is 0.419 e. The molecule has 0 spiro atoms. The van der Waals surface area contributed by atoms with Gasteiger partial charge >= 0.3 is 6.18 Å². The Morgan fingerprint density at radius 3 is 2.50 bits per heavy atom. The number of nitrogens with two attached hydrogens (primary N) is 1. The van der Waals surface area contributed by atoms with Crippen LogP contribution in [-0.4, -0.2) is 51.2 Å². The van der Waals surface area contributed by atoms with Gasteiger partial charge in [-0.3, -0.25) is 4.98 Å². The van der Waals surface area contributed by atoms with Gasteiger partial charge in [0.25, 0.3) is 0 Å². The van der Waals surface area contributed by atoms with Crippen LogP contribution in [-0.2, 0) is 10.9 Å². The monoisotopic (exact) mass is 418 g/mol. The van der Waals surface area contributed by atoms with Crippen LogP contribution < -0.4 is 16.0 Å². The molecule has 0 bridgehead atoms. The number of hydrogen-bond donors (Lipinski definition) is 2. The number of morpholine rings is 1. The average molecular weight is 418 g/mol. The number of ether oxygens (including phenoxy) is 1. The van der Waals surface area contributed by atoms with E-state index < -0.39 is 11.7 Å². The molecule has 1 saturated heterocycles. The van der Waals surface area contributed by atoms with Crippen LogP contribution in [0, 0.1) is 0 Å². The highest BCUT2D eigenvalue weighted by Gasteiger charge is 2.34. The summed E-state index contributed by atoms with van der Waals surface area (Å²) in [5.74, 6) is 0.652. The molecular weight excluding hydrogens is 401 g/mol. The zero-order valence-corrected chi connectivity index (χ0v) is 15.6. The van der Waals surface area contributed by atoms with Crippen molar-refractivity contribution in [2.45, 2.75) is 6.18 Å². The third-order valence-electron chi connectivity index (χ3n) is 4.37. The molecule has 0 amide bonds. The topological polar surface area (TPSA) is 115 Å². The number of nitrogen functional groups attached to an aromatic ring is 1. The van der Waals surface area contributed by atoms with Gasteiger partial charge in [0.2, 0.25) is 11.9 Å². The molecule has 156 valence electrons. The molecule has 4 rings (SSSR count). The number of alkyl halides is 3. The predicted octanol–water partition coefficient (Wildman–Crippen LogP) is 2.51. The lowest BCUT2D eigenvalue weighted by Gasteiger charge is -2.27. The summed E-state index contributed by atoms with van der Waals surface area (Å²) in [7, 11) is 0. The highest BCUT2D eigenvalue weighted by molar-refractivity contribution is 5.68. The first-order chi connectivity index (χ1) is 14.4. The van der Waals surface area contributed by atoms with Crippen molar-refractivity contribution in [2.75, 3.05) is 42.3 Å². The van der Waals surface area contributed by atoms with Gasteiger partial charge in [-0.1, -0.05) is 0 Å². The molecule has 3 N–H and O–H groups in total. The molecule has 0 aromatic carbocycles. The molecule has 9 nitrogen and oxygen atoms in total.